The van der Waals surface area contributed by atoms with Crippen molar-refractivity contribution in [2.75, 3.05) is 0 Å². The Kier molecular flexibility index (Phi) is 11.2. The SMILES string of the molecule is O=C(C(F)(F)C(F)(F)C(F)(F)OC(F)(C(F)(F)F)C(F)(F)OC(F)(C(=O)C(F)(C(F)(F)F)C(F)(F)F)C(F)(F)F)C(F)(C(F)(F)F)C(F)(F)F. The lowest BCUT2D eigenvalue weighted by molar-refractivity contribution is -0.544. The first kappa shape index (κ1) is 47.2. The van der Waals surface area contributed by atoms with E-state index < -0.39 is 95.7 Å². The maximum Gasteiger partial charge on any atom is 0.458 e. The van der Waals surface area contributed by atoms with Gasteiger partial charge < -0.3 is 0 Å². The van der Waals surface area contributed by atoms with E-state index in [0.717, 1.165) is 9.47 Å². The topological polar surface area (TPSA) is 52.6 Å². The van der Waals surface area contributed by atoms with Crippen LogP contribution in [0.4, 0.5) is 132 Å². The molecule has 0 N–H and O–H groups in total. The summed E-state index contributed by atoms with van der Waals surface area (Å²) in [5.74, 6) is -49.0. The first-order valence-corrected chi connectivity index (χ1v) is 10.1. The first-order valence-electron chi connectivity index (χ1n) is 10.1. The normalized spacial score (nSPS) is 18.4. The molecule has 50 heavy (non-hydrogen) atoms. The van der Waals surface area contributed by atoms with Crippen LogP contribution in [0.1, 0.15) is 0 Å². The summed E-state index contributed by atoms with van der Waals surface area (Å²) in [5, 5.41) is 0. The van der Waals surface area contributed by atoms with Crippen LogP contribution in [0.25, 0.3) is 0 Å². The Labute approximate surface area is 248 Å². The highest BCUT2D eigenvalue weighted by molar-refractivity contribution is 5.96. The van der Waals surface area contributed by atoms with Crippen molar-refractivity contribution in [1.29, 1.82) is 0 Å². The molecule has 2 unspecified atom stereocenters. The number of hydrogen-bond acceptors (Lipinski definition) is 4. The van der Waals surface area contributed by atoms with Gasteiger partial charge in [-0.05, 0) is 0 Å². The molecule has 0 aliphatic carbocycles. The Balaban J connectivity index is 7.73. The molecule has 0 saturated heterocycles. The molecule has 0 aliphatic rings. The number of alkyl halides is 30. The molecule has 0 aromatic rings. The van der Waals surface area contributed by atoms with E-state index in [0.29, 0.717) is 0 Å². The van der Waals surface area contributed by atoms with Gasteiger partial charge in [0.2, 0.25) is 0 Å². The minimum absolute atomic E-state index is 0.748. The third-order valence-corrected chi connectivity index (χ3v) is 5.17. The van der Waals surface area contributed by atoms with Gasteiger partial charge in [-0.25, -0.2) is 8.78 Å². The Hall–Kier alpha value is -2.84. The number of carbonyl (C=O) groups excluding carboxylic acids is 2. The predicted molar refractivity (Wildman–Crippen MR) is 83.7 cm³/mol. The lowest BCUT2D eigenvalue weighted by Gasteiger charge is -2.42. The number of carbonyl (C=O) groups is 2. The van der Waals surface area contributed by atoms with Crippen LogP contribution in [0.2, 0.25) is 0 Å². The standard InChI is InChI=1S/C16F30O4/c17-3(9(25,26)27,10(28,29)30)1(47)5(19,20)7(22,23)15(43,44)50-8(24,14(40,41)42)16(45,46)49-6(21,13(37,38)39)2(48)4(18,11(31,32)33)12(34,35)36. The summed E-state index contributed by atoms with van der Waals surface area (Å²) < 4.78 is 395. The third-order valence-electron chi connectivity index (χ3n) is 5.17. The van der Waals surface area contributed by atoms with Gasteiger partial charge in [-0.2, -0.15) is 123 Å². The lowest BCUT2D eigenvalue weighted by Crippen LogP contribution is -2.73. The van der Waals surface area contributed by atoms with Crippen molar-refractivity contribution in [1.82, 2.24) is 0 Å². The molecule has 0 aromatic carbocycles. The smallest absolute Gasteiger partial charge is 0.288 e. The van der Waals surface area contributed by atoms with Gasteiger partial charge in [0.15, 0.2) is 0 Å². The summed E-state index contributed by atoms with van der Waals surface area (Å²) >= 11 is 0. The molecule has 0 aliphatic heterocycles. The second-order valence-corrected chi connectivity index (χ2v) is 8.54. The third kappa shape index (κ3) is 6.76. The average molecular weight is 826 g/mol. The van der Waals surface area contributed by atoms with Crippen LogP contribution in [0.5, 0.6) is 0 Å². The van der Waals surface area contributed by atoms with E-state index in [4.69, 9.17) is 0 Å². The first-order chi connectivity index (χ1) is 21.0. The predicted octanol–water partition coefficient (Wildman–Crippen LogP) is 8.74. The zero-order valence-electron chi connectivity index (χ0n) is 21.0. The number of halogens is 30. The van der Waals surface area contributed by atoms with E-state index in [-0.39, 0.29) is 0 Å². The molecule has 0 amide bonds. The average Bonchev–Trinajstić information content (AvgIpc) is 2.81. The summed E-state index contributed by atoms with van der Waals surface area (Å²) in [6.07, 6.45) is -69.5. The van der Waals surface area contributed by atoms with Crippen LogP contribution in [0.15, 0.2) is 0 Å². The van der Waals surface area contributed by atoms with Gasteiger partial charge >= 0.3 is 84.2 Å². The van der Waals surface area contributed by atoms with Gasteiger partial charge in [-0.1, -0.05) is 0 Å². The van der Waals surface area contributed by atoms with E-state index in [1.54, 1.807) is 0 Å². The van der Waals surface area contributed by atoms with Gasteiger partial charge in [-0.3, -0.25) is 19.1 Å². The highest BCUT2D eigenvalue weighted by Gasteiger charge is 2.91. The zero-order chi connectivity index (χ0) is 41.6. The van der Waals surface area contributed by atoms with Crippen molar-refractivity contribution in [2.24, 2.45) is 0 Å². The second kappa shape index (κ2) is 11.8. The van der Waals surface area contributed by atoms with Gasteiger partial charge in [0, 0.05) is 0 Å². The van der Waals surface area contributed by atoms with Gasteiger partial charge in [0.05, 0.1) is 0 Å². The van der Waals surface area contributed by atoms with Crippen molar-refractivity contribution in [2.45, 2.75) is 84.2 Å². The molecular formula is C16F30O4. The minimum atomic E-state index is -9.28. The fourth-order valence-electron chi connectivity index (χ4n) is 2.60. The second-order valence-electron chi connectivity index (χ2n) is 8.54. The minimum Gasteiger partial charge on any atom is -0.288 e. The fourth-order valence-corrected chi connectivity index (χ4v) is 2.60. The zero-order valence-corrected chi connectivity index (χ0v) is 21.0. The van der Waals surface area contributed by atoms with E-state index in [1.165, 1.54) is 0 Å². The Morgan fingerprint density at radius 1 is 0.320 bits per heavy atom. The summed E-state index contributed by atoms with van der Waals surface area (Å²) in [6.45, 7) is 0. The van der Waals surface area contributed by atoms with E-state index in [2.05, 4.69) is 0 Å². The summed E-state index contributed by atoms with van der Waals surface area (Å²) in [5.41, 5.74) is -17.2. The summed E-state index contributed by atoms with van der Waals surface area (Å²) in [4.78, 5) is 22.1. The number of Topliss-reactive ketones (excluding diaryl/α,β-unsaturated/α-hetero) is 2. The number of ketones is 2. The molecular weight excluding hydrogens is 826 g/mol. The van der Waals surface area contributed by atoms with Crippen LogP contribution < -0.4 is 0 Å². The maximum atomic E-state index is 14.3. The van der Waals surface area contributed by atoms with Gasteiger partial charge in [-0.15, -0.1) is 0 Å². The molecule has 0 fully saturated rings. The number of hydrogen-bond donors (Lipinski definition) is 0. The molecule has 0 saturated carbocycles. The van der Waals surface area contributed by atoms with Gasteiger partial charge in [0.25, 0.3) is 11.6 Å². The molecule has 34 heteroatoms. The molecule has 0 aromatic heterocycles. The quantitative estimate of drug-likeness (QED) is 0.196. The van der Waals surface area contributed by atoms with Crippen molar-refractivity contribution in [3.63, 3.8) is 0 Å². The van der Waals surface area contributed by atoms with Crippen molar-refractivity contribution in [3.05, 3.63) is 0 Å². The Morgan fingerprint density at radius 2 is 0.600 bits per heavy atom. The van der Waals surface area contributed by atoms with E-state index in [1.807, 2.05) is 0 Å². The van der Waals surface area contributed by atoms with Crippen LogP contribution in [0.3, 0.4) is 0 Å². The molecule has 0 spiro atoms. The van der Waals surface area contributed by atoms with E-state index >= 15 is 0 Å². The highest BCUT2D eigenvalue weighted by Crippen LogP contribution is 2.60. The van der Waals surface area contributed by atoms with Crippen LogP contribution in [-0.4, -0.2) is 95.7 Å². The van der Waals surface area contributed by atoms with Crippen molar-refractivity contribution in [3.8, 4) is 0 Å². The molecule has 298 valence electrons. The van der Waals surface area contributed by atoms with E-state index in [9.17, 15) is 141 Å². The Bertz CT molecular complexity index is 1250. The van der Waals surface area contributed by atoms with Crippen molar-refractivity contribution < 1.29 is 151 Å². The maximum absolute atomic E-state index is 14.3. The number of ether oxygens (including phenoxy) is 2. The molecule has 4 nitrogen and oxygen atoms in total. The fraction of sp³-hybridized carbons (Fsp3) is 0.875. The van der Waals surface area contributed by atoms with Crippen molar-refractivity contribution >= 4 is 11.6 Å². The lowest BCUT2D eigenvalue weighted by atomic mass is 9.90. The van der Waals surface area contributed by atoms with Crippen LogP contribution in [0, 0.1) is 0 Å². The van der Waals surface area contributed by atoms with Crippen LogP contribution >= 0.6 is 0 Å². The summed E-state index contributed by atoms with van der Waals surface area (Å²) in [6, 6.07) is 0. The summed E-state index contributed by atoms with van der Waals surface area (Å²) in [7, 11) is 0. The van der Waals surface area contributed by atoms with Crippen LogP contribution in [-0.2, 0) is 19.1 Å². The molecule has 0 radical (unpaired) electrons. The monoisotopic (exact) mass is 826 g/mol. The highest BCUT2D eigenvalue weighted by atomic mass is 19.5. The Morgan fingerprint density at radius 3 is 0.840 bits per heavy atom. The largest absolute Gasteiger partial charge is 0.458 e. The molecule has 0 bridgehead atoms. The molecule has 2 atom stereocenters. The number of rotatable bonds is 11. The van der Waals surface area contributed by atoms with Gasteiger partial charge in [0.1, 0.15) is 0 Å². The molecule has 0 heterocycles. The molecule has 0 rings (SSSR count).